The van der Waals surface area contributed by atoms with Gasteiger partial charge in [-0.25, -0.2) is 14.5 Å². The first-order valence-corrected chi connectivity index (χ1v) is 7.25. The number of para-hydroxylation sites is 1. The molecule has 5 nitrogen and oxygen atoms in total. The number of carbonyl (C=O) groups is 1. The van der Waals surface area contributed by atoms with Gasteiger partial charge in [0.15, 0.2) is 5.82 Å². The Balaban J connectivity index is 2.24. The molecule has 0 aliphatic rings. The molecular weight excluding hydrogens is 381 g/mol. The van der Waals surface area contributed by atoms with Crippen LogP contribution >= 0.6 is 22.6 Å². The van der Waals surface area contributed by atoms with Gasteiger partial charge in [0.05, 0.1) is 5.69 Å². The highest BCUT2D eigenvalue weighted by molar-refractivity contribution is 14.1. The van der Waals surface area contributed by atoms with E-state index in [9.17, 15) is 4.79 Å². The lowest BCUT2D eigenvalue weighted by Crippen LogP contribution is -2.03. The smallest absolute Gasteiger partial charge is 0.375 e. The summed E-state index contributed by atoms with van der Waals surface area (Å²) in [5.74, 6) is -0.845. The summed E-state index contributed by atoms with van der Waals surface area (Å²) in [5, 5.41) is 13.3. The molecule has 1 heterocycles. The molecule has 0 aliphatic heterocycles. The van der Waals surface area contributed by atoms with Gasteiger partial charge in [0.25, 0.3) is 5.82 Å². The van der Waals surface area contributed by atoms with Gasteiger partial charge in [-0.3, -0.25) is 0 Å². The van der Waals surface area contributed by atoms with Crippen LogP contribution in [0.4, 0.5) is 0 Å². The minimum atomic E-state index is -1.14. The van der Waals surface area contributed by atoms with Crippen molar-refractivity contribution in [2.45, 2.75) is 0 Å². The van der Waals surface area contributed by atoms with Crippen molar-refractivity contribution >= 4 is 28.6 Å². The number of carboxylic acid groups (broad SMARTS) is 1. The van der Waals surface area contributed by atoms with Crippen molar-refractivity contribution in [3.05, 3.63) is 64.0 Å². The van der Waals surface area contributed by atoms with Crippen LogP contribution in [0.1, 0.15) is 10.6 Å². The summed E-state index contributed by atoms with van der Waals surface area (Å²) in [7, 11) is 0. The number of hydrogen-bond acceptors (Lipinski definition) is 3. The van der Waals surface area contributed by atoms with E-state index in [1.807, 2.05) is 54.6 Å². The Morgan fingerprint density at radius 3 is 2.38 bits per heavy atom. The lowest BCUT2D eigenvalue weighted by molar-refractivity contribution is 0.0683. The number of aromatic carboxylic acids is 1. The van der Waals surface area contributed by atoms with Crippen molar-refractivity contribution in [1.29, 1.82) is 0 Å². The van der Waals surface area contributed by atoms with E-state index in [0.29, 0.717) is 5.82 Å². The first-order valence-electron chi connectivity index (χ1n) is 6.17. The molecule has 3 rings (SSSR count). The molecule has 0 radical (unpaired) electrons. The zero-order valence-corrected chi connectivity index (χ0v) is 12.9. The highest BCUT2D eigenvalue weighted by Crippen LogP contribution is 2.24. The number of benzene rings is 2. The number of hydrogen-bond donors (Lipinski definition) is 1. The van der Waals surface area contributed by atoms with Gasteiger partial charge in [-0.1, -0.05) is 42.5 Å². The second kappa shape index (κ2) is 5.65. The Hall–Kier alpha value is -2.22. The van der Waals surface area contributed by atoms with Crippen molar-refractivity contribution in [3.8, 4) is 17.1 Å². The van der Waals surface area contributed by atoms with Gasteiger partial charge < -0.3 is 5.11 Å². The predicted octanol–water partition coefficient (Wildman–Crippen LogP) is 3.24. The number of rotatable bonds is 3. The fourth-order valence-corrected chi connectivity index (χ4v) is 2.58. The van der Waals surface area contributed by atoms with E-state index in [2.05, 4.69) is 32.7 Å². The van der Waals surface area contributed by atoms with E-state index in [4.69, 9.17) is 5.11 Å². The van der Waals surface area contributed by atoms with Crippen molar-refractivity contribution in [3.63, 3.8) is 0 Å². The van der Waals surface area contributed by atoms with Crippen LogP contribution in [-0.2, 0) is 0 Å². The van der Waals surface area contributed by atoms with Crippen LogP contribution in [0.15, 0.2) is 54.6 Å². The molecule has 0 saturated carbocycles. The number of nitrogens with zero attached hydrogens (tertiary/aromatic N) is 3. The van der Waals surface area contributed by atoms with Gasteiger partial charge in [0.2, 0.25) is 0 Å². The third-order valence-corrected chi connectivity index (χ3v) is 3.82. The molecule has 0 spiro atoms. The highest BCUT2D eigenvalue weighted by Gasteiger charge is 2.18. The van der Waals surface area contributed by atoms with Gasteiger partial charge in [-0.2, -0.15) is 0 Å². The van der Waals surface area contributed by atoms with E-state index < -0.39 is 5.97 Å². The molecular formula is C15H10IN3O2. The molecule has 21 heavy (non-hydrogen) atoms. The normalized spacial score (nSPS) is 10.5. The topological polar surface area (TPSA) is 68.0 Å². The van der Waals surface area contributed by atoms with Gasteiger partial charge >= 0.3 is 5.97 Å². The molecule has 0 fully saturated rings. The standard InChI is InChI=1S/C15H10IN3O2/c16-11-8-4-5-9-12(11)19-14(10-6-2-1-3-7-10)17-13(18-19)15(20)21/h1-9H,(H,20,21). The quantitative estimate of drug-likeness (QED) is 0.697. The lowest BCUT2D eigenvalue weighted by Gasteiger charge is -2.07. The van der Waals surface area contributed by atoms with Crippen LogP contribution in [-0.4, -0.2) is 25.8 Å². The van der Waals surface area contributed by atoms with Crippen molar-refractivity contribution in [2.75, 3.05) is 0 Å². The van der Waals surface area contributed by atoms with E-state index in [1.165, 1.54) is 0 Å². The summed E-state index contributed by atoms with van der Waals surface area (Å²) in [6, 6.07) is 17.0. The molecule has 0 unspecified atom stereocenters. The van der Waals surface area contributed by atoms with E-state index >= 15 is 0 Å². The van der Waals surface area contributed by atoms with Crippen LogP contribution < -0.4 is 0 Å². The maximum absolute atomic E-state index is 11.2. The average Bonchev–Trinajstić information content (AvgIpc) is 2.94. The molecule has 104 valence electrons. The first kappa shape index (κ1) is 13.7. The molecule has 0 aliphatic carbocycles. The van der Waals surface area contributed by atoms with Crippen molar-refractivity contribution in [2.24, 2.45) is 0 Å². The lowest BCUT2D eigenvalue weighted by atomic mass is 10.2. The van der Waals surface area contributed by atoms with Crippen molar-refractivity contribution < 1.29 is 9.90 Å². The van der Waals surface area contributed by atoms with Crippen LogP contribution in [0, 0.1) is 3.57 Å². The van der Waals surface area contributed by atoms with Gasteiger partial charge in [-0.05, 0) is 34.7 Å². The third-order valence-electron chi connectivity index (χ3n) is 2.91. The molecule has 0 saturated heterocycles. The zero-order valence-electron chi connectivity index (χ0n) is 10.8. The summed E-state index contributed by atoms with van der Waals surface area (Å²) < 4.78 is 2.54. The molecule has 6 heteroatoms. The minimum absolute atomic E-state index is 0.214. The van der Waals surface area contributed by atoms with E-state index in [0.717, 1.165) is 14.8 Å². The maximum Gasteiger partial charge on any atom is 0.375 e. The SMILES string of the molecule is O=C(O)c1nc(-c2ccccc2)n(-c2ccccc2I)n1. The molecule has 1 N–H and O–H groups in total. The van der Waals surface area contributed by atoms with E-state index in [-0.39, 0.29) is 5.82 Å². The predicted molar refractivity (Wildman–Crippen MR) is 86.5 cm³/mol. The van der Waals surface area contributed by atoms with Gasteiger partial charge in [0.1, 0.15) is 0 Å². The minimum Gasteiger partial charge on any atom is -0.475 e. The van der Waals surface area contributed by atoms with Gasteiger partial charge in [-0.15, -0.1) is 5.10 Å². The number of aromatic nitrogens is 3. The summed E-state index contributed by atoms with van der Waals surface area (Å²) in [4.78, 5) is 15.3. The fraction of sp³-hybridized carbons (Fsp3) is 0. The Morgan fingerprint density at radius 1 is 1.05 bits per heavy atom. The fourth-order valence-electron chi connectivity index (χ4n) is 1.97. The summed E-state index contributed by atoms with van der Waals surface area (Å²) >= 11 is 2.19. The van der Waals surface area contributed by atoms with Gasteiger partial charge in [0, 0.05) is 9.13 Å². The van der Waals surface area contributed by atoms with Crippen molar-refractivity contribution in [1.82, 2.24) is 14.8 Å². The largest absolute Gasteiger partial charge is 0.475 e. The Labute approximate surface area is 134 Å². The molecule has 0 amide bonds. The zero-order chi connectivity index (χ0) is 14.8. The van der Waals surface area contributed by atoms with E-state index in [1.54, 1.807) is 4.68 Å². The Bertz CT molecular complexity index is 800. The summed E-state index contributed by atoms with van der Waals surface area (Å²) in [5.41, 5.74) is 1.62. The highest BCUT2D eigenvalue weighted by atomic mass is 127. The first-order chi connectivity index (χ1) is 10.2. The summed E-state index contributed by atoms with van der Waals surface area (Å²) in [6.45, 7) is 0. The maximum atomic E-state index is 11.2. The Morgan fingerprint density at radius 2 is 1.71 bits per heavy atom. The molecule has 3 aromatic rings. The molecule has 0 bridgehead atoms. The van der Waals surface area contributed by atoms with Crippen LogP contribution in [0.5, 0.6) is 0 Å². The number of carboxylic acids is 1. The average molecular weight is 391 g/mol. The molecule has 1 aromatic heterocycles. The third kappa shape index (κ3) is 2.66. The van der Waals surface area contributed by atoms with Crippen LogP contribution in [0.3, 0.4) is 0 Å². The monoisotopic (exact) mass is 391 g/mol. The van der Waals surface area contributed by atoms with Crippen LogP contribution in [0.2, 0.25) is 0 Å². The second-order valence-corrected chi connectivity index (χ2v) is 5.46. The van der Waals surface area contributed by atoms with Crippen LogP contribution in [0.25, 0.3) is 17.1 Å². The second-order valence-electron chi connectivity index (χ2n) is 4.29. The summed E-state index contributed by atoms with van der Waals surface area (Å²) in [6.07, 6.45) is 0. The Kier molecular flexibility index (Phi) is 3.70. The number of halogens is 1. The molecule has 2 aromatic carbocycles. The molecule has 0 atom stereocenters.